The van der Waals surface area contributed by atoms with Crippen molar-refractivity contribution in [2.45, 2.75) is 39.0 Å². The van der Waals surface area contributed by atoms with Crippen molar-refractivity contribution >= 4 is 0 Å². The van der Waals surface area contributed by atoms with Crippen LogP contribution in [-0.2, 0) is 0 Å². The van der Waals surface area contributed by atoms with Gasteiger partial charge in [0, 0.05) is 0 Å². The lowest BCUT2D eigenvalue weighted by Gasteiger charge is -2.06. The van der Waals surface area contributed by atoms with Gasteiger partial charge < -0.3 is 10.1 Å². The maximum absolute atomic E-state index is 12.6. The van der Waals surface area contributed by atoms with Gasteiger partial charge in [0.05, 0.1) is 6.61 Å². The van der Waals surface area contributed by atoms with E-state index in [4.69, 9.17) is 4.74 Å². The summed E-state index contributed by atoms with van der Waals surface area (Å²) in [5.41, 5.74) is 0. The highest BCUT2D eigenvalue weighted by Crippen LogP contribution is 2.11. The van der Waals surface area contributed by atoms with E-state index in [2.05, 4.69) is 12.2 Å². The number of halogens is 1. The summed E-state index contributed by atoms with van der Waals surface area (Å²) in [4.78, 5) is 0. The van der Waals surface area contributed by atoms with E-state index in [1.807, 2.05) is 0 Å². The Kier molecular flexibility index (Phi) is 8.23. The number of nitrogens with one attached hydrogen (secondary N) is 1. The minimum atomic E-state index is -0.220. The second-order valence-corrected chi connectivity index (χ2v) is 4.47. The van der Waals surface area contributed by atoms with Gasteiger partial charge in [-0.05, 0) is 56.6 Å². The van der Waals surface area contributed by atoms with E-state index < -0.39 is 0 Å². The van der Waals surface area contributed by atoms with Crippen molar-refractivity contribution in [1.29, 1.82) is 0 Å². The fourth-order valence-electron chi connectivity index (χ4n) is 1.73. The molecule has 1 rings (SSSR count). The Balaban J connectivity index is 1.91. The van der Waals surface area contributed by atoms with Crippen LogP contribution >= 0.6 is 0 Å². The van der Waals surface area contributed by atoms with Crippen LogP contribution in [0.15, 0.2) is 24.3 Å². The van der Waals surface area contributed by atoms with E-state index in [1.165, 1.54) is 37.8 Å². The second kappa shape index (κ2) is 9.89. The minimum absolute atomic E-state index is 0.220. The number of unbranched alkanes of at least 4 members (excludes halogenated alkanes) is 3. The largest absolute Gasteiger partial charge is 0.494 e. The molecule has 3 heteroatoms. The molecule has 0 saturated heterocycles. The Morgan fingerprint density at radius 2 is 1.72 bits per heavy atom. The van der Waals surface area contributed by atoms with Crippen LogP contribution in [0.3, 0.4) is 0 Å². The molecule has 18 heavy (non-hydrogen) atoms. The molecule has 0 heterocycles. The van der Waals surface area contributed by atoms with Crippen molar-refractivity contribution in [3.05, 3.63) is 30.1 Å². The van der Waals surface area contributed by atoms with Crippen molar-refractivity contribution in [3.63, 3.8) is 0 Å². The third-order valence-electron chi connectivity index (χ3n) is 2.76. The van der Waals surface area contributed by atoms with Crippen LogP contribution in [0.25, 0.3) is 0 Å². The summed E-state index contributed by atoms with van der Waals surface area (Å²) in [6.07, 6.45) is 5.92. The van der Waals surface area contributed by atoms with Crippen LogP contribution in [0.2, 0.25) is 0 Å². The van der Waals surface area contributed by atoms with Gasteiger partial charge in [0.25, 0.3) is 0 Å². The summed E-state index contributed by atoms with van der Waals surface area (Å²) in [6, 6.07) is 6.19. The Labute approximate surface area is 110 Å². The summed E-state index contributed by atoms with van der Waals surface area (Å²) in [5.74, 6) is 0.531. The van der Waals surface area contributed by atoms with Gasteiger partial charge in [0.1, 0.15) is 11.6 Å². The topological polar surface area (TPSA) is 21.3 Å². The molecule has 0 saturated carbocycles. The average molecular weight is 253 g/mol. The SMILES string of the molecule is CCCNCCCCCCOc1ccc(F)cc1. The summed E-state index contributed by atoms with van der Waals surface area (Å²) < 4.78 is 18.2. The lowest BCUT2D eigenvalue weighted by atomic mass is 10.2. The zero-order valence-electron chi connectivity index (χ0n) is 11.3. The highest BCUT2D eigenvalue weighted by Gasteiger charge is 1.95. The third-order valence-corrected chi connectivity index (χ3v) is 2.76. The molecule has 0 radical (unpaired) electrons. The molecule has 1 N–H and O–H groups in total. The summed E-state index contributed by atoms with van der Waals surface area (Å²) in [6.45, 7) is 5.13. The van der Waals surface area contributed by atoms with Gasteiger partial charge in [-0.25, -0.2) is 4.39 Å². The van der Waals surface area contributed by atoms with Crippen molar-refractivity contribution < 1.29 is 9.13 Å². The zero-order chi connectivity index (χ0) is 13.1. The molecular formula is C15H24FNO. The maximum atomic E-state index is 12.6. The minimum Gasteiger partial charge on any atom is -0.494 e. The van der Waals surface area contributed by atoms with Crippen LogP contribution in [-0.4, -0.2) is 19.7 Å². The van der Waals surface area contributed by atoms with Crippen molar-refractivity contribution in [1.82, 2.24) is 5.32 Å². The molecule has 1 aromatic rings. The first kappa shape index (κ1) is 15.0. The zero-order valence-corrected chi connectivity index (χ0v) is 11.3. The van der Waals surface area contributed by atoms with E-state index in [0.29, 0.717) is 6.61 Å². The van der Waals surface area contributed by atoms with E-state index >= 15 is 0 Å². The van der Waals surface area contributed by atoms with Crippen LogP contribution in [0.1, 0.15) is 39.0 Å². The normalized spacial score (nSPS) is 10.6. The number of hydrogen-bond acceptors (Lipinski definition) is 2. The molecule has 2 nitrogen and oxygen atoms in total. The lowest BCUT2D eigenvalue weighted by molar-refractivity contribution is 0.304. The fraction of sp³-hybridized carbons (Fsp3) is 0.600. The van der Waals surface area contributed by atoms with Crippen molar-refractivity contribution in [2.24, 2.45) is 0 Å². The standard InChI is InChI=1S/C15H24FNO/c1-2-11-17-12-5-3-4-6-13-18-15-9-7-14(16)8-10-15/h7-10,17H,2-6,11-13H2,1H3. The van der Waals surface area contributed by atoms with Crippen LogP contribution in [0, 0.1) is 5.82 Å². The Morgan fingerprint density at radius 3 is 2.44 bits per heavy atom. The van der Waals surface area contributed by atoms with Gasteiger partial charge in [-0.15, -0.1) is 0 Å². The van der Waals surface area contributed by atoms with Crippen LogP contribution < -0.4 is 10.1 Å². The van der Waals surface area contributed by atoms with Gasteiger partial charge in [-0.1, -0.05) is 19.8 Å². The van der Waals surface area contributed by atoms with E-state index in [-0.39, 0.29) is 5.82 Å². The van der Waals surface area contributed by atoms with Gasteiger partial charge in [-0.2, -0.15) is 0 Å². The third kappa shape index (κ3) is 7.28. The van der Waals surface area contributed by atoms with E-state index in [9.17, 15) is 4.39 Å². The molecule has 0 amide bonds. The Hall–Kier alpha value is -1.09. The fourth-order valence-corrected chi connectivity index (χ4v) is 1.73. The first-order chi connectivity index (χ1) is 8.83. The smallest absolute Gasteiger partial charge is 0.123 e. The van der Waals surface area contributed by atoms with Gasteiger partial charge >= 0.3 is 0 Å². The average Bonchev–Trinajstić information content (AvgIpc) is 2.39. The molecule has 0 fully saturated rings. The first-order valence-electron chi connectivity index (χ1n) is 6.92. The molecule has 102 valence electrons. The summed E-state index contributed by atoms with van der Waals surface area (Å²) in [5, 5.41) is 3.39. The van der Waals surface area contributed by atoms with Gasteiger partial charge in [0.2, 0.25) is 0 Å². The predicted octanol–water partition coefficient (Wildman–Crippen LogP) is 3.76. The van der Waals surface area contributed by atoms with Crippen LogP contribution in [0.4, 0.5) is 4.39 Å². The Morgan fingerprint density at radius 1 is 1.00 bits per heavy atom. The highest BCUT2D eigenvalue weighted by atomic mass is 19.1. The molecule has 0 unspecified atom stereocenters. The van der Waals surface area contributed by atoms with Gasteiger partial charge in [0.15, 0.2) is 0 Å². The molecule has 0 spiro atoms. The molecule has 0 aliphatic carbocycles. The first-order valence-corrected chi connectivity index (χ1v) is 6.92. The molecule has 0 aliphatic rings. The predicted molar refractivity (Wildman–Crippen MR) is 73.5 cm³/mol. The number of benzene rings is 1. The quantitative estimate of drug-likeness (QED) is 0.641. The number of ether oxygens (including phenoxy) is 1. The lowest BCUT2D eigenvalue weighted by Crippen LogP contribution is -2.15. The molecule has 1 aromatic carbocycles. The summed E-state index contributed by atoms with van der Waals surface area (Å²) >= 11 is 0. The molecule has 0 bridgehead atoms. The molecular weight excluding hydrogens is 229 g/mol. The molecule has 0 atom stereocenters. The van der Waals surface area contributed by atoms with Crippen molar-refractivity contribution in [2.75, 3.05) is 19.7 Å². The molecule has 0 aliphatic heterocycles. The number of rotatable bonds is 10. The van der Waals surface area contributed by atoms with Crippen LogP contribution in [0.5, 0.6) is 5.75 Å². The second-order valence-electron chi connectivity index (χ2n) is 4.47. The van der Waals surface area contributed by atoms with E-state index in [0.717, 1.165) is 25.3 Å². The number of hydrogen-bond donors (Lipinski definition) is 1. The monoisotopic (exact) mass is 253 g/mol. The van der Waals surface area contributed by atoms with Gasteiger partial charge in [-0.3, -0.25) is 0 Å². The summed E-state index contributed by atoms with van der Waals surface area (Å²) in [7, 11) is 0. The van der Waals surface area contributed by atoms with E-state index in [1.54, 1.807) is 12.1 Å². The maximum Gasteiger partial charge on any atom is 0.123 e. The molecule has 0 aromatic heterocycles. The Bertz CT molecular complexity index is 300. The van der Waals surface area contributed by atoms with Crippen molar-refractivity contribution in [3.8, 4) is 5.75 Å². The highest BCUT2D eigenvalue weighted by molar-refractivity contribution is 5.21.